The second-order valence-electron chi connectivity index (χ2n) is 6.01. The Labute approximate surface area is 149 Å². The van der Waals surface area contributed by atoms with Crippen molar-refractivity contribution in [3.63, 3.8) is 0 Å². The first-order valence-corrected chi connectivity index (χ1v) is 8.57. The van der Waals surface area contributed by atoms with Gasteiger partial charge in [-0.1, -0.05) is 5.16 Å². The van der Waals surface area contributed by atoms with E-state index in [-0.39, 0.29) is 11.6 Å². The zero-order valence-electron chi connectivity index (χ0n) is 14.5. The summed E-state index contributed by atoms with van der Waals surface area (Å²) in [6, 6.07) is 7.25. The van der Waals surface area contributed by atoms with Crippen LogP contribution in [0.15, 0.2) is 29.4 Å². The minimum absolute atomic E-state index is 0.0101. The summed E-state index contributed by atoms with van der Waals surface area (Å²) in [5, 5.41) is 26.7. The fraction of sp³-hybridized carbons (Fsp3) is 0.222. The minimum Gasteiger partial charge on any atom is -0.508 e. The number of oxime groups is 1. The minimum atomic E-state index is 0.0101. The van der Waals surface area contributed by atoms with Gasteiger partial charge in [-0.05, 0) is 50.6 Å². The van der Waals surface area contributed by atoms with Crippen molar-refractivity contribution in [2.24, 2.45) is 17.9 Å². The lowest BCUT2D eigenvalue weighted by atomic mass is 9.96. The maximum atomic E-state index is 9.71. The molecule has 0 aliphatic heterocycles. The lowest BCUT2D eigenvalue weighted by Gasteiger charge is -2.08. The molecule has 0 spiro atoms. The molecule has 4 N–H and O–H groups in total. The van der Waals surface area contributed by atoms with Gasteiger partial charge in [-0.25, -0.2) is 0 Å². The van der Waals surface area contributed by atoms with E-state index in [0.717, 1.165) is 32.8 Å². The summed E-state index contributed by atoms with van der Waals surface area (Å²) in [6.45, 7) is 6.01. The molecule has 0 radical (unpaired) electrons. The van der Waals surface area contributed by atoms with Gasteiger partial charge in [-0.2, -0.15) is 5.10 Å². The summed E-state index contributed by atoms with van der Waals surface area (Å²) in [5.74, 6) is 0.217. The standard InChI is InChI=1S/C18H20N4O2S/c1-9-7-12(23)5-6-13(9)16-15(14-8-10(2)25-11(14)3)17(18(19)21-24)22(4)20-16/h5-8,23-24H,1-4H3,(H2,19,21). The quantitative estimate of drug-likeness (QED) is 0.289. The molecular formula is C18H20N4O2S. The van der Waals surface area contributed by atoms with Crippen molar-refractivity contribution in [2.75, 3.05) is 0 Å². The highest BCUT2D eigenvalue weighted by Crippen LogP contribution is 2.40. The summed E-state index contributed by atoms with van der Waals surface area (Å²) < 4.78 is 1.62. The van der Waals surface area contributed by atoms with Crippen LogP contribution in [0.5, 0.6) is 5.75 Å². The van der Waals surface area contributed by atoms with Crippen LogP contribution < -0.4 is 5.73 Å². The number of nitrogens with zero attached hydrogens (tertiary/aromatic N) is 3. The molecule has 7 heteroatoms. The molecule has 0 amide bonds. The molecule has 130 valence electrons. The van der Waals surface area contributed by atoms with Crippen molar-refractivity contribution in [3.05, 3.63) is 45.3 Å². The van der Waals surface area contributed by atoms with Crippen LogP contribution in [0.4, 0.5) is 0 Å². The third-order valence-corrected chi connectivity index (χ3v) is 5.14. The molecule has 1 aromatic carbocycles. The van der Waals surface area contributed by atoms with Gasteiger partial charge >= 0.3 is 0 Å². The summed E-state index contributed by atoms with van der Waals surface area (Å²) in [4.78, 5) is 2.31. The van der Waals surface area contributed by atoms with Crippen molar-refractivity contribution in [1.29, 1.82) is 0 Å². The van der Waals surface area contributed by atoms with Gasteiger partial charge in [0.2, 0.25) is 0 Å². The fourth-order valence-electron chi connectivity index (χ4n) is 3.10. The van der Waals surface area contributed by atoms with Crippen molar-refractivity contribution in [1.82, 2.24) is 9.78 Å². The lowest BCUT2D eigenvalue weighted by molar-refractivity contribution is 0.318. The first-order valence-electron chi connectivity index (χ1n) is 7.75. The smallest absolute Gasteiger partial charge is 0.189 e. The van der Waals surface area contributed by atoms with E-state index in [4.69, 9.17) is 5.73 Å². The molecule has 25 heavy (non-hydrogen) atoms. The summed E-state index contributed by atoms with van der Waals surface area (Å²) in [6.07, 6.45) is 0. The third kappa shape index (κ3) is 2.87. The van der Waals surface area contributed by atoms with Crippen molar-refractivity contribution in [3.8, 4) is 28.1 Å². The predicted molar refractivity (Wildman–Crippen MR) is 100 cm³/mol. The number of amidine groups is 1. The second kappa shape index (κ2) is 6.25. The Morgan fingerprint density at radius 2 is 1.92 bits per heavy atom. The number of thiophene rings is 1. The van der Waals surface area contributed by atoms with E-state index in [1.54, 1.807) is 35.2 Å². The van der Waals surface area contributed by atoms with E-state index in [1.165, 1.54) is 4.88 Å². The fourth-order valence-corrected chi connectivity index (χ4v) is 4.03. The highest BCUT2D eigenvalue weighted by molar-refractivity contribution is 7.12. The van der Waals surface area contributed by atoms with Crippen LogP contribution in [0.3, 0.4) is 0 Å². The van der Waals surface area contributed by atoms with Gasteiger partial charge in [-0.3, -0.25) is 4.68 Å². The molecule has 0 aliphatic rings. The number of hydrogen-bond donors (Lipinski definition) is 3. The average molecular weight is 356 g/mol. The Hall–Kier alpha value is -2.80. The van der Waals surface area contributed by atoms with E-state index in [2.05, 4.69) is 16.3 Å². The van der Waals surface area contributed by atoms with Crippen LogP contribution in [-0.2, 0) is 7.05 Å². The van der Waals surface area contributed by atoms with Gasteiger partial charge in [0, 0.05) is 33.5 Å². The van der Waals surface area contributed by atoms with Gasteiger partial charge in [0.1, 0.15) is 17.1 Å². The molecule has 6 nitrogen and oxygen atoms in total. The molecule has 0 saturated carbocycles. The number of hydrogen-bond acceptors (Lipinski definition) is 5. The van der Waals surface area contributed by atoms with Crippen molar-refractivity contribution >= 4 is 17.2 Å². The molecule has 0 fully saturated rings. The third-order valence-electron chi connectivity index (χ3n) is 4.17. The van der Waals surface area contributed by atoms with Crippen LogP contribution in [0, 0.1) is 20.8 Å². The van der Waals surface area contributed by atoms with Crippen LogP contribution >= 0.6 is 11.3 Å². The molecule has 0 saturated heterocycles. The topological polar surface area (TPSA) is 96.7 Å². The van der Waals surface area contributed by atoms with Crippen LogP contribution in [0.1, 0.15) is 21.0 Å². The number of benzene rings is 1. The number of aryl methyl sites for hydroxylation is 4. The Balaban J connectivity index is 2.39. The highest BCUT2D eigenvalue weighted by Gasteiger charge is 2.25. The predicted octanol–water partition coefficient (Wildman–Crippen LogP) is 3.54. The van der Waals surface area contributed by atoms with Gasteiger partial charge < -0.3 is 16.0 Å². The van der Waals surface area contributed by atoms with E-state index >= 15 is 0 Å². The summed E-state index contributed by atoms with van der Waals surface area (Å²) in [5.41, 5.74) is 10.9. The maximum absolute atomic E-state index is 9.71. The summed E-state index contributed by atoms with van der Waals surface area (Å²) >= 11 is 1.69. The molecule has 0 unspecified atom stereocenters. The molecule has 0 aliphatic carbocycles. The van der Waals surface area contributed by atoms with Gasteiger partial charge in [0.25, 0.3) is 0 Å². The average Bonchev–Trinajstić information content (AvgIpc) is 3.05. The van der Waals surface area contributed by atoms with Gasteiger partial charge in [-0.15, -0.1) is 11.3 Å². The molecule has 2 aromatic heterocycles. The Bertz CT molecular complexity index is 985. The van der Waals surface area contributed by atoms with Crippen LogP contribution in [0.25, 0.3) is 22.4 Å². The second-order valence-corrected chi connectivity index (χ2v) is 7.47. The van der Waals surface area contributed by atoms with Crippen molar-refractivity contribution < 1.29 is 10.3 Å². The SMILES string of the molecule is Cc1cc(-c2c(-c3ccc(O)cc3C)nn(C)c2/C(N)=N/O)c(C)s1. The monoisotopic (exact) mass is 356 g/mol. The Morgan fingerprint density at radius 1 is 1.20 bits per heavy atom. The van der Waals surface area contributed by atoms with E-state index in [0.29, 0.717) is 5.69 Å². The number of nitrogens with two attached hydrogens (primary N) is 1. The molecule has 3 rings (SSSR count). The van der Waals surface area contributed by atoms with Crippen LogP contribution in [-0.4, -0.2) is 25.9 Å². The van der Waals surface area contributed by atoms with Crippen LogP contribution in [0.2, 0.25) is 0 Å². The summed E-state index contributed by atoms with van der Waals surface area (Å²) in [7, 11) is 1.77. The van der Waals surface area contributed by atoms with Gasteiger partial charge in [0.05, 0.1) is 0 Å². The first-order chi connectivity index (χ1) is 11.8. The Morgan fingerprint density at radius 3 is 2.48 bits per heavy atom. The number of phenolic OH excluding ortho intramolecular Hbond substituents is 1. The highest BCUT2D eigenvalue weighted by atomic mass is 32.1. The number of rotatable bonds is 3. The number of phenols is 1. The normalized spacial score (nSPS) is 11.9. The van der Waals surface area contributed by atoms with Gasteiger partial charge in [0.15, 0.2) is 5.84 Å². The number of aromatic hydroxyl groups is 1. The lowest BCUT2D eigenvalue weighted by Crippen LogP contribution is -2.18. The Kier molecular flexibility index (Phi) is 4.26. The van der Waals surface area contributed by atoms with E-state index in [1.807, 2.05) is 26.8 Å². The molecule has 2 heterocycles. The molecule has 0 atom stereocenters. The first kappa shape index (κ1) is 17.0. The maximum Gasteiger partial charge on any atom is 0.189 e. The molecular weight excluding hydrogens is 336 g/mol. The molecule has 0 bridgehead atoms. The molecule has 3 aromatic rings. The zero-order valence-corrected chi connectivity index (χ0v) is 15.3. The number of aromatic nitrogens is 2. The van der Waals surface area contributed by atoms with E-state index < -0.39 is 0 Å². The zero-order chi connectivity index (χ0) is 18.3. The van der Waals surface area contributed by atoms with Crippen molar-refractivity contribution in [2.45, 2.75) is 20.8 Å². The largest absolute Gasteiger partial charge is 0.508 e. The van der Waals surface area contributed by atoms with E-state index in [9.17, 15) is 10.3 Å².